The van der Waals surface area contributed by atoms with E-state index in [1.807, 2.05) is 0 Å². The number of nitro groups is 1. The number of carbonyl (C=O) groups excluding carboxylic acids is 1. The Kier molecular flexibility index (Phi) is 3.33. The quantitative estimate of drug-likeness (QED) is 0.596. The Morgan fingerprint density at radius 3 is 2.61 bits per heavy atom. The Bertz CT molecular complexity index is 510. The van der Waals surface area contributed by atoms with Crippen LogP contribution in [0.5, 0.6) is 0 Å². The summed E-state index contributed by atoms with van der Waals surface area (Å²) in [6.45, 7) is -0.121. The number of hydrogen-bond donors (Lipinski definition) is 2. The molecule has 2 rings (SSSR count). The third kappa shape index (κ3) is 2.21. The second kappa shape index (κ2) is 4.92. The summed E-state index contributed by atoms with van der Waals surface area (Å²) in [6.07, 6.45) is 0.279. The van der Waals surface area contributed by atoms with Crippen LogP contribution >= 0.6 is 0 Å². The second-order valence-corrected chi connectivity index (χ2v) is 3.84. The van der Waals surface area contributed by atoms with Crippen molar-refractivity contribution in [2.24, 2.45) is 11.0 Å². The van der Waals surface area contributed by atoms with Crippen LogP contribution in [0.2, 0.25) is 0 Å². The first-order valence-corrected chi connectivity index (χ1v) is 5.36. The average Bonchev–Trinajstić information content (AvgIpc) is 2.72. The molecule has 1 heterocycles. The van der Waals surface area contributed by atoms with Gasteiger partial charge in [-0.2, -0.15) is 5.10 Å². The summed E-state index contributed by atoms with van der Waals surface area (Å²) in [4.78, 5) is 21.5. The molecule has 0 spiro atoms. The fraction of sp³-hybridized carbons (Fsp3) is 0.273. The van der Waals surface area contributed by atoms with E-state index in [4.69, 9.17) is 5.11 Å². The molecule has 1 amide bonds. The number of nitro benzene ring substituents is 1. The van der Waals surface area contributed by atoms with Gasteiger partial charge in [-0.3, -0.25) is 14.9 Å². The predicted octanol–water partition coefficient (Wildman–Crippen LogP) is 0.427. The number of amides is 1. The van der Waals surface area contributed by atoms with Gasteiger partial charge < -0.3 is 5.11 Å². The summed E-state index contributed by atoms with van der Waals surface area (Å²) in [5, 5.41) is 23.3. The summed E-state index contributed by atoms with van der Waals surface area (Å²) in [5.74, 6) is -0.770. The summed E-state index contributed by atoms with van der Waals surface area (Å²) in [6, 6.07) is 5.80. The summed E-state index contributed by atoms with van der Waals surface area (Å²) in [5.41, 5.74) is 3.47. The van der Waals surface area contributed by atoms with Crippen LogP contribution in [0, 0.1) is 16.0 Å². The first kappa shape index (κ1) is 12.2. The van der Waals surface area contributed by atoms with Crippen molar-refractivity contribution < 1.29 is 14.8 Å². The Hall–Kier alpha value is -2.28. The van der Waals surface area contributed by atoms with Gasteiger partial charge >= 0.3 is 0 Å². The van der Waals surface area contributed by atoms with Crippen LogP contribution in [0.25, 0.3) is 0 Å². The highest BCUT2D eigenvalue weighted by atomic mass is 16.6. The molecule has 18 heavy (non-hydrogen) atoms. The van der Waals surface area contributed by atoms with Crippen LogP contribution in [-0.4, -0.2) is 28.3 Å². The van der Waals surface area contributed by atoms with Crippen molar-refractivity contribution in [1.29, 1.82) is 0 Å². The predicted molar refractivity (Wildman–Crippen MR) is 63.0 cm³/mol. The van der Waals surface area contributed by atoms with Gasteiger partial charge in [0.15, 0.2) is 0 Å². The average molecular weight is 249 g/mol. The Morgan fingerprint density at radius 2 is 2.06 bits per heavy atom. The minimum atomic E-state index is -0.503. The Labute approximate surface area is 102 Å². The van der Waals surface area contributed by atoms with E-state index in [9.17, 15) is 14.9 Å². The number of nitrogens with zero attached hydrogens (tertiary/aromatic N) is 2. The first-order chi connectivity index (χ1) is 8.63. The second-order valence-electron chi connectivity index (χ2n) is 3.84. The highest BCUT2D eigenvalue weighted by Crippen LogP contribution is 2.20. The minimum Gasteiger partial charge on any atom is -0.396 e. The van der Waals surface area contributed by atoms with E-state index in [0.29, 0.717) is 11.3 Å². The molecule has 1 aromatic rings. The molecular formula is C11H11N3O4. The van der Waals surface area contributed by atoms with Gasteiger partial charge in [0.25, 0.3) is 5.69 Å². The molecule has 2 N–H and O–H groups in total. The van der Waals surface area contributed by atoms with E-state index >= 15 is 0 Å². The Morgan fingerprint density at radius 1 is 1.39 bits per heavy atom. The van der Waals surface area contributed by atoms with Gasteiger partial charge in [-0.25, -0.2) is 5.43 Å². The van der Waals surface area contributed by atoms with Gasteiger partial charge in [0.05, 0.1) is 16.6 Å². The fourth-order valence-corrected chi connectivity index (χ4v) is 1.81. The largest absolute Gasteiger partial charge is 0.396 e. The molecule has 1 atom stereocenters. The van der Waals surface area contributed by atoms with Crippen molar-refractivity contribution in [3.63, 3.8) is 0 Å². The third-order valence-electron chi connectivity index (χ3n) is 2.72. The van der Waals surface area contributed by atoms with Crippen molar-refractivity contribution in [3.05, 3.63) is 39.9 Å². The molecule has 0 aromatic heterocycles. The maximum absolute atomic E-state index is 11.5. The van der Waals surface area contributed by atoms with Crippen molar-refractivity contribution in [2.75, 3.05) is 6.61 Å². The molecule has 0 aliphatic carbocycles. The van der Waals surface area contributed by atoms with Crippen LogP contribution in [0.4, 0.5) is 5.69 Å². The number of hydrazone groups is 1. The number of benzene rings is 1. The number of non-ortho nitro benzene ring substituents is 1. The Balaban J connectivity index is 2.25. The molecule has 7 heteroatoms. The lowest BCUT2D eigenvalue weighted by Gasteiger charge is -2.08. The maximum atomic E-state index is 11.5. The first-order valence-electron chi connectivity index (χ1n) is 5.36. The van der Waals surface area contributed by atoms with Crippen LogP contribution in [0.1, 0.15) is 12.0 Å². The van der Waals surface area contributed by atoms with Crippen LogP contribution in [0.15, 0.2) is 29.4 Å². The number of nitrogens with one attached hydrogen (secondary N) is 1. The van der Waals surface area contributed by atoms with Gasteiger partial charge in [0, 0.05) is 18.7 Å². The van der Waals surface area contributed by atoms with Crippen molar-refractivity contribution in [1.82, 2.24) is 5.43 Å². The molecule has 0 radical (unpaired) electrons. The normalized spacial score (nSPS) is 18.4. The van der Waals surface area contributed by atoms with Crippen molar-refractivity contribution >= 4 is 17.3 Å². The molecule has 1 aliphatic rings. The van der Waals surface area contributed by atoms with E-state index in [1.54, 1.807) is 12.1 Å². The van der Waals surface area contributed by atoms with E-state index in [2.05, 4.69) is 10.5 Å². The molecule has 0 saturated heterocycles. The number of rotatable bonds is 4. The number of aliphatic hydroxyl groups excluding tert-OH is 1. The van der Waals surface area contributed by atoms with Gasteiger partial charge in [-0.05, 0) is 24.1 Å². The maximum Gasteiger partial charge on any atom is 0.269 e. The smallest absolute Gasteiger partial charge is 0.269 e. The van der Waals surface area contributed by atoms with Crippen molar-refractivity contribution in [3.8, 4) is 0 Å². The van der Waals surface area contributed by atoms with E-state index in [1.165, 1.54) is 12.1 Å². The zero-order valence-electron chi connectivity index (χ0n) is 9.37. The molecule has 0 fully saturated rings. The minimum absolute atomic E-state index is 0.0182. The van der Waals surface area contributed by atoms with E-state index < -0.39 is 10.8 Å². The molecule has 1 unspecified atom stereocenters. The molecule has 0 bridgehead atoms. The lowest BCUT2D eigenvalue weighted by molar-refractivity contribution is -0.384. The van der Waals surface area contributed by atoms with Crippen LogP contribution < -0.4 is 5.43 Å². The number of carbonyl (C=O) groups is 1. The fourth-order valence-electron chi connectivity index (χ4n) is 1.81. The van der Waals surface area contributed by atoms with Crippen LogP contribution in [0.3, 0.4) is 0 Å². The summed E-state index contributed by atoms with van der Waals surface area (Å²) < 4.78 is 0. The summed E-state index contributed by atoms with van der Waals surface area (Å²) in [7, 11) is 0. The van der Waals surface area contributed by atoms with Crippen LogP contribution in [-0.2, 0) is 4.79 Å². The zero-order valence-corrected chi connectivity index (χ0v) is 9.37. The standard InChI is InChI=1S/C11H11N3O4/c15-6-5-9-10(12-13-11(9)16)7-1-3-8(4-2-7)14(17)18/h1-4,9,15H,5-6H2,(H,13,16). The van der Waals surface area contributed by atoms with Crippen molar-refractivity contribution in [2.45, 2.75) is 6.42 Å². The third-order valence-corrected chi connectivity index (χ3v) is 2.72. The number of hydrogen-bond acceptors (Lipinski definition) is 5. The highest BCUT2D eigenvalue weighted by Gasteiger charge is 2.30. The molecule has 1 aliphatic heterocycles. The number of aliphatic hydroxyl groups is 1. The van der Waals surface area contributed by atoms with Gasteiger partial charge in [-0.1, -0.05) is 0 Å². The zero-order chi connectivity index (χ0) is 13.1. The van der Waals surface area contributed by atoms with Gasteiger partial charge in [0.1, 0.15) is 0 Å². The highest BCUT2D eigenvalue weighted by molar-refractivity contribution is 6.16. The molecular weight excluding hydrogens is 238 g/mol. The van der Waals surface area contributed by atoms with E-state index in [-0.39, 0.29) is 24.6 Å². The monoisotopic (exact) mass is 249 g/mol. The lowest BCUT2D eigenvalue weighted by atomic mass is 9.94. The SMILES string of the molecule is O=C1NN=C(c2ccc([N+](=O)[O-])cc2)C1CCO. The lowest BCUT2D eigenvalue weighted by Crippen LogP contribution is -2.24. The molecule has 1 aromatic carbocycles. The van der Waals surface area contributed by atoms with Gasteiger partial charge in [-0.15, -0.1) is 0 Å². The molecule has 0 saturated carbocycles. The molecule has 7 nitrogen and oxygen atoms in total. The van der Waals surface area contributed by atoms with E-state index in [0.717, 1.165) is 0 Å². The van der Waals surface area contributed by atoms with Gasteiger partial charge in [0.2, 0.25) is 5.91 Å². The summed E-state index contributed by atoms with van der Waals surface area (Å²) >= 11 is 0. The molecule has 94 valence electrons. The topological polar surface area (TPSA) is 105 Å².